The van der Waals surface area contributed by atoms with Gasteiger partial charge < -0.3 is 15.4 Å². The largest absolute Gasteiger partial charge is 0.491 e. The van der Waals surface area contributed by atoms with Crippen molar-refractivity contribution < 1.29 is 9.53 Å². The van der Waals surface area contributed by atoms with Crippen molar-refractivity contribution in [2.45, 2.75) is 39.3 Å². The molecule has 2 N–H and O–H groups in total. The van der Waals surface area contributed by atoms with Crippen molar-refractivity contribution in [1.82, 2.24) is 15.3 Å². The third-order valence-electron chi connectivity index (χ3n) is 3.31. The number of hydrogen-bond donors (Lipinski definition) is 2. The van der Waals surface area contributed by atoms with E-state index in [0.717, 1.165) is 11.3 Å². The topological polar surface area (TPSA) is 76.1 Å². The summed E-state index contributed by atoms with van der Waals surface area (Å²) in [5.41, 5.74) is 1.01. The molecule has 0 aliphatic carbocycles. The SMILES string of the molecule is CC(C)Oc1cccc([C@@H](C)NC(=O)CCNc2ncccn2)c1. The van der Waals surface area contributed by atoms with Crippen molar-refractivity contribution in [2.75, 3.05) is 11.9 Å². The number of anilines is 1. The Balaban J connectivity index is 1.80. The van der Waals surface area contributed by atoms with E-state index in [2.05, 4.69) is 20.6 Å². The van der Waals surface area contributed by atoms with Gasteiger partial charge in [-0.1, -0.05) is 12.1 Å². The fraction of sp³-hybridized carbons (Fsp3) is 0.389. The Morgan fingerprint density at radius 1 is 1.17 bits per heavy atom. The number of benzene rings is 1. The van der Waals surface area contributed by atoms with Crippen LogP contribution in [-0.4, -0.2) is 28.5 Å². The lowest BCUT2D eigenvalue weighted by atomic mass is 10.1. The second kappa shape index (κ2) is 8.86. The van der Waals surface area contributed by atoms with E-state index < -0.39 is 0 Å². The van der Waals surface area contributed by atoms with Crippen LogP contribution < -0.4 is 15.4 Å². The third kappa shape index (κ3) is 5.87. The molecule has 0 radical (unpaired) electrons. The van der Waals surface area contributed by atoms with Crippen LogP contribution in [0.25, 0.3) is 0 Å². The number of hydrogen-bond acceptors (Lipinski definition) is 5. The van der Waals surface area contributed by atoms with Crippen LogP contribution in [0.1, 0.15) is 38.8 Å². The highest BCUT2D eigenvalue weighted by molar-refractivity contribution is 5.76. The maximum Gasteiger partial charge on any atom is 0.222 e. The van der Waals surface area contributed by atoms with E-state index in [9.17, 15) is 4.79 Å². The molecule has 0 unspecified atom stereocenters. The zero-order valence-corrected chi connectivity index (χ0v) is 14.3. The number of nitrogens with zero attached hydrogens (tertiary/aromatic N) is 2. The molecule has 6 heteroatoms. The molecule has 0 saturated carbocycles. The van der Waals surface area contributed by atoms with Gasteiger partial charge in [-0.05, 0) is 44.5 Å². The summed E-state index contributed by atoms with van der Waals surface area (Å²) in [7, 11) is 0. The van der Waals surface area contributed by atoms with Gasteiger partial charge >= 0.3 is 0 Å². The van der Waals surface area contributed by atoms with Crippen molar-refractivity contribution in [3.8, 4) is 5.75 Å². The van der Waals surface area contributed by atoms with Gasteiger partial charge in [-0.25, -0.2) is 9.97 Å². The fourth-order valence-corrected chi connectivity index (χ4v) is 2.20. The van der Waals surface area contributed by atoms with Crippen molar-refractivity contribution in [3.05, 3.63) is 48.3 Å². The minimum Gasteiger partial charge on any atom is -0.491 e. The predicted molar refractivity (Wildman–Crippen MR) is 93.9 cm³/mol. The Morgan fingerprint density at radius 3 is 2.62 bits per heavy atom. The average molecular weight is 328 g/mol. The first kappa shape index (κ1) is 17.7. The summed E-state index contributed by atoms with van der Waals surface area (Å²) in [4.78, 5) is 20.2. The molecule has 0 fully saturated rings. The normalized spacial score (nSPS) is 11.8. The number of ether oxygens (including phenoxy) is 1. The molecule has 0 aliphatic heterocycles. The van der Waals surface area contributed by atoms with Gasteiger partial charge in [-0.15, -0.1) is 0 Å². The Bertz CT molecular complexity index is 646. The highest BCUT2D eigenvalue weighted by Gasteiger charge is 2.10. The molecule has 1 heterocycles. The summed E-state index contributed by atoms with van der Waals surface area (Å²) < 4.78 is 5.69. The number of nitrogens with one attached hydrogen (secondary N) is 2. The van der Waals surface area contributed by atoms with Crippen LogP contribution in [0, 0.1) is 0 Å². The Kier molecular flexibility index (Phi) is 6.54. The lowest BCUT2D eigenvalue weighted by Crippen LogP contribution is -2.28. The maximum absolute atomic E-state index is 12.1. The first-order valence-corrected chi connectivity index (χ1v) is 8.11. The molecule has 2 aromatic rings. The molecule has 2 rings (SSSR count). The minimum absolute atomic E-state index is 0.0267. The average Bonchev–Trinajstić information content (AvgIpc) is 2.55. The van der Waals surface area contributed by atoms with Gasteiger partial charge in [0, 0.05) is 25.4 Å². The van der Waals surface area contributed by atoms with Crippen LogP contribution >= 0.6 is 0 Å². The quantitative estimate of drug-likeness (QED) is 0.779. The third-order valence-corrected chi connectivity index (χ3v) is 3.31. The van der Waals surface area contributed by atoms with Gasteiger partial charge in [-0.3, -0.25) is 4.79 Å². The first-order chi connectivity index (χ1) is 11.5. The predicted octanol–water partition coefficient (Wildman–Crippen LogP) is 2.94. The van der Waals surface area contributed by atoms with Crippen LogP contribution in [0.2, 0.25) is 0 Å². The van der Waals surface area contributed by atoms with Crippen LogP contribution in [0.4, 0.5) is 5.95 Å². The Hall–Kier alpha value is -2.63. The summed E-state index contributed by atoms with van der Waals surface area (Å²) in [5, 5.41) is 6.00. The number of rotatable bonds is 8. The van der Waals surface area contributed by atoms with E-state index in [0.29, 0.717) is 18.9 Å². The van der Waals surface area contributed by atoms with Crippen LogP contribution in [-0.2, 0) is 4.79 Å². The first-order valence-electron chi connectivity index (χ1n) is 8.11. The van der Waals surface area contributed by atoms with Gasteiger partial charge in [0.1, 0.15) is 5.75 Å². The summed E-state index contributed by atoms with van der Waals surface area (Å²) in [6, 6.07) is 9.46. The molecule has 0 spiro atoms. The monoisotopic (exact) mass is 328 g/mol. The van der Waals surface area contributed by atoms with Gasteiger partial charge in [0.15, 0.2) is 0 Å². The summed E-state index contributed by atoms with van der Waals surface area (Å²) >= 11 is 0. The Labute approximate surface area is 142 Å². The molecule has 0 saturated heterocycles. The molecular formula is C18H24N4O2. The lowest BCUT2D eigenvalue weighted by Gasteiger charge is -2.16. The van der Waals surface area contributed by atoms with Gasteiger partial charge in [0.2, 0.25) is 11.9 Å². The van der Waals surface area contributed by atoms with E-state index in [1.807, 2.05) is 45.0 Å². The van der Waals surface area contributed by atoms with Crippen molar-refractivity contribution in [1.29, 1.82) is 0 Å². The summed E-state index contributed by atoms with van der Waals surface area (Å²) in [6.07, 6.45) is 3.79. The molecule has 0 bridgehead atoms. The Morgan fingerprint density at radius 2 is 1.92 bits per heavy atom. The van der Waals surface area contributed by atoms with Gasteiger partial charge in [-0.2, -0.15) is 0 Å². The highest BCUT2D eigenvalue weighted by atomic mass is 16.5. The highest BCUT2D eigenvalue weighted by Crippen LogP contribution is 2.20. The molecular weight excluding hydrogens is 304 g/mol. The fourth-order valence-electron chi connectivity index (χ4n) is 2.20. The van der Waals surface area contributed by atoms with E-state index in [4.69, 9.17) is 4.74 Å². The smallest absolute Gasteiger partial charge is 0.222 e. The summed E-state index contributed by atoms with van der Waals surface area (Å²) in [5.74, 6) is 1.31. The van der Waals surface area contributed by atoms with Gasteiger partial charge in [0.25, 0.3) is 0 Å². The van der Waals surface area contributed by atoms with E-state index in [-0.39, 0.29) is 18.1 Å². The molecule has 1 amide bonds. The van der Waals surface area contributed by atoms with Crippen molar-refractivity contribution in [3.63, 3.8) is 0 Å². The molecule has 6 nitrogen and oxygen atoms in total. The second-order valence-corrected chi connectivity index (χ2v) is 5.78. The van der Waals surface area contributed by atoms with E-state index in [1.165, 1.54) is 0 Å². The number of carbonyl (C=O) groups is 1. The zero-order chi connectivity index (χ0) is 17.4. The van der Waals surface area contributed by atoms with Crippen LogP contribution in [0.3, 0.4) is 0 Å². The standard InChI is InChI=1S/C18H24N4O2/c1-13(2)24-16-7-4-6-15(12-16)14(3)22-17(23)8-11-21-18-19-9-5-10-20-18/h4-7,9-10,12-14H,8,11H2,1-3H3,(H,22,23)(H,19,20,21)/t14-/m1/s1. The molecule has 1 aromatic carbocycles. The molecule has 1 aromatic heterocycles. The van der Waals surface area contributed by atoms with E-state index in [1.54, 1.807) is 18.5 Å². The van der Waals surface area contributed by atoms with E-state index >= 15 is 0 Å². The lowest BCUT2D eigenvalue weighted by molar-refractivity contribution is -0.121. The maximum atomic E-state index is 12.1. The van der Waals surface area contributed by atoms with Crippen LogP contribution in [0.15, 0.2) is 42.7 Å². The zero-order valence-electron chi connectivity index (χ0n) is 14.3. The number of carbonyl (C=O) groups excluding carboxylic acids is 1. The molecule has 1 atom stereocenters. The van der Waals surface area contributed by atoms with Crippen LogP contribution in [0.5, 0.6) is 5.75 Å². The second-order valence-electron chi connectivity index (χ2n) is 5.78. The number of aromatic nitrogens is 2. The molecule has 128 valence electrons. The van der Waals surface area contributed by atoms with Crippen molar-refractivity contribution >= 4 is 11.9 Å². The molecule has 0 aliphatic rings. The number of amides is 1. The molecule has 24 heavy (non-hydrogen) atoms. The van der Waals surface area contributed by atoms with Gasteiger partial charge in [0.05, 0.1) is 12.1 Å². The minimum atomic E-state index is -0.0822. The summed E-state index contributed by atoms with van der Waals surface area (Å²) in [6.45, 7) is 6.42. The van der Waals surface area contributed by atoms with Crippen molar-refractivity contribution in [2.24, 2.45) is 0 Å².